The van der Waals surface area contributed by atoms with Gasteiger partial charge < -0.3 is 4.57 Å². The fourth-order valence-electron chi connectivity index (χ4n) is 3.74. The Morgan fingerprint density at radius 3 is 2.48 bits per heavy atom. The highest BCUT2D eigenvalue weighted by Crippen LogP contribution is 2.50. The molecular formula is C18H23ClN2. The number of aromatic nitrogens is 2. The van der Waals surface area contributed by atoms with Crippen LogP contribution in [0.15, 0.2) is 18.2 Å². The molecule has 0 spiro atoms. The van der Waals surface area contributed by atoms with Gasteiger partial charge in [-0.3, -0.25) is 0 Å². The molecule has 0 amide bonds. The summed E-state index contributed by atoms with van der Waals surface area (Å²) < 4.78 is 2.42. The molecule has 1 aromatic heterocycles. The topological polar surface area (TPSA) is 17.8 Å². The summed E-state index contributed by atoms with van der Waals surface area (Å²) in [6.45, 7) is 5.29. The van der Waals surface area contributed by atoms with Crippen LogP contribution in [0.5, 0.6) is 0 Å². The highest BCUT2D eigenvalue weighted by molar-refractivity contribution is 6.20. The minimum Gasteiger partial charge on any atom is -0.326 e. The monoisotopic (exact) mass is 302 g/mol. The molecule has 0 bridgehead atoms. The first kappa shape index (κ1) is 13.6. The summed E-state index contributed by atoms with van der Waals surface area (Å²) in [5.41, 5.74) is 3.65. The lowest BCUT2D eigenvalue weighted by molar-refractivity contribution is 0.348. The molecule has 2 aromatic rings. The van der Waals surface area contributed by atoms with Gasteiger partial charge in [0.25, 0.3) is 0 Å². The molecule has 0 N–H and O–H groups in total. The zero-order chi connectivity index (χ0) is 14.6. The number of imidazole rings is 1. The van der Waals surface area contributed by atoms with Crippen molar-refractivity contribution in [3.8, 4) is 0 Å². The Hall–Kier alpha value is -1.02. The fourth-order valence-corrected chi connectivity index (χ4v) is 3.91. The average Bonchev–Trinajstić information content (AvgIpc) is 3.34. The summed E-state index contributed by atoms with van der Waals surface area (Å²) in [7, 11) is 0. The summed E-state index contributed by atoms with van der Waals surface area (Å²) in [4.78, 5) is 4.86. The van der Waals surface area contributed by atoms with E-state index < -0.39 is 0 Å². The predicted octanol–water partition coefficient (Wildman–Crippen LogP) is 5.08. The molecule has 2 nitrogen and oxygen atoms in total. The summed E-state index contributed by atoms with van der Waals surface area (Å²) in [5, 5.41) is -0.0316. The van der Waals surface area contributed by atoms with E-state index in [1.54, 1.807) is 0 Å². The Bertz CT molecular complexity index is 653. The maximum Gasteiger partial charge on any atom is 0.127 e. The fraction of sp³-hybridized carbons (Fsp3) is 0.611. The molecule has 3 heteroatoms. The van der Waals surface area contributed by atoms with Crippen molar-refractivity contribution in [2.75, 3.05) is 0 Å². The minimum absolute atomic E-state index is 0.0316. The molecule has 1 atom stereocenters. The molecule has 0 saturated heterocycles. The van der Waals surface area contributed by atoms with Gasteiger partial charge in [-0.2, -0.15) is 0 Å². The molecule has 2 saturated carbocycles. The number of para-hydroxylation sites is 1. The molecule has 112 valence electrons. The SMILES string of the molecule is Cc1cccc2c1nc(C(C)Cl)n2CC(C1CC1)C1CC1. The second-order valence-electron chi connectivity index (χ2n) is 6.98. The van der Waals surface area contributed by atoms with Gasteiger partial charge in [-0.15, -0.1) is 11.6 Å². The van der Waals surface area contributed by atoms with E-state index in [-0.39, 0.29) is 5.38 Å². The second kappa shape index (κ2) is 5.01. The van der Waals surface area contributed by atoms with Gasteiger partial charge >= 0.3 is 0 Å². The van der Waals surface area contributed by atoms with E-state index in [4.69, 9.17) is 16.6 Å². The molecule has 1 unspecified atom stereocenters. The third-order valence-corrected chi connectivity index (χ3v) is 5.41. The lowest BCUT2D eigenvalue weighted by Crippen LogP contribution is -2.17. The van der Waals surface area contributed by atoms with Crippen molar-refractivity contribution >= 4 is 22.6 Å². The summed E-state index contributed by atoms with van der Waals surface area (Å²) in [6.07, 6.45) is 5.72. The van der Waals surface area contributed by atoms with E-state index in [2.05, 4.69) is 29.7 Å². The molecule has 2 fully saturated rings. The van der Waals surface area contributed by atoms with Crippen LogP contribution in [0.3, 0.4) is 0 Å². The summed E-state index contributed by atoms with van der Waals surface area (Å²) >= 11 is 6.42. The largest absolute Gasteiger partial charge is 0.326 e. The number of nitrogens with zero attached hydrogens (tertiary/aromatic N) is 2. The predicted molar refractivity (Wildman–Crippen MR) is 87.7 cm³/mol. The zero-order valence-electron chi connectivity index (χ0n) is 12.8. The first-order chi connectivity index (χ1) is 10.1. The molecular weight excluding hydrogens is 280 g/mol. The number of alkyl halides is 1. The van der Waals surface area contributed by atoms with Gasteiger partial charge in [-0.25, -0.2) is 4.98 Å². The van der Waals surface area contributed by atoms with Crippen LogP contribution in [-0.4, -0.2) is 9.55 Å². The van der Waals surface area contributed by atoms with E-state index in [1.807, 2.05) is 6.92 Å². The number of halogens is 1. The number of hydrogen-bond acceptors (Lipinski definition) is 1. The van der Waals surface area contributed by atoms with Crippen molar-refractivity contribution in [1.82, 2.24) is 9.55 Å². The van der Waals surface area contributed by atoms with Gasteiger partial charge in [0, 0.05) is 6.54 Å². The quantitative estimate of drug-likeness (QED) is 0.704. The van der Waals surface area contributed by atoms with Crippen LogP contribution >= 0.6 is 11.6 Å². The number of benzene rings is 1. The van der Waals surface area contributed by atoms with Crippen LogP contribution in [0, 0.1) is 24.7 Å². The number of fused-ring (bicyclic) bond motifs is 1. The van der Waals surface area contributed by atoms with E-state index in [9.17, 15) is 0 Å². The molecule has 1 aromatic carbocycles. The Labute approximate surface area is 131 Å². The first-order valence-corrected chi connectivity index (χ1v) is 8.68. The lowest BCUT2D eigenvalue weighted by Gasteiger charge is -2.19. The normalized spacial score (nSPS) is 20.4. The Kier molecular flexibility index (Phi) is 3.25. The van der Waals surface area contributed by atoms with Gasteiger partial charge in [0.15, 0.2) is 0 Å². The van der Waals surface area contributed by atoms with Crippen molar-refractivity contribution in [3.63, 3.8) is 0 Å². The van der Waals surface area contributed by atoms with Crippen LogP contribution in [-0.2, 0) is 6.54 Å². The Morgan fingerprint density at radius 2 is 1.90 bits per heavy atom. The number of hydrogen-bond donors (Lipinski definition) is 0. The molecule has 1 heterocycles. The van der Waals surface area contributed by atoms with Crippen molar-refractivity contribution in [2.24, 2.45) is 17.8 Å². The van der Waals surface area contributed by atoms with E-state index in [0.717, 1.165) is 35.6 Å². The van der Waals surface area contributed by atoms with Crippen molar-refractivity contribution in [1.29, 1.82) is 0 Å². The Morgan fingerprint density at radius 1 is 1.24 bits per heavy atom. The highest BCUT2D eigenvalue weighted by Gasteiger charge is 2.41. The average molecular weight is 303 g/mol. The number of rotatable bonds is 5. The molecule has 21 heavy (non-hydrogen) atoms. The van der Waals surface area contributed by atoms with Crippen LogP contribution in [0.1, 0.15) is 49.4 Å². The van der Waals surface area contributed by atoms with Gasteiger partial charge in [0.2, 0.25) is 0 Å². The summed E-state index contributed by atoms with van der Waals surface area (Å²) in [5.74, 6) is 3.81. The maximum absolute atomic E-state index is 6.42. The lowest BCUT2D eigenvalue weighted by atomic mass is 9.97. The van der Waals surface area contributed by atoms with Crippen LogP contribution in [0.25, 0.3) is 11.0 Å². The zero-order valence-corrected chi connectivity index (χ0v) is 13.6. The minimum atomic E-state index is -0.0316. The van der Waals surface area contributed by atoms with Crippen LogP contribution < -0.4 is 0 Å². The van der Waals surface area contributed by atoms with Crippen LogP contribution in [0.2, 0.25) is 0 Å². The van der Waals surface area contributed by atoms with E-state index in [0.29, 0.717) is 0 Å². The van der Waals surface area contributed by atoms with Gasteiger partial charge in [0.05, 0.1) is 16.4 Å². The van der Waals surface area contributed by atoms with E-state index in [1.165, 1.54) is 36.8 Å². The first-order valence-electron chi connectivity index (χ1n) is 8.25. The molecule has 0 aliphatic heterocycles. The Balaban J connectivity index is 1.78. The molecule has 4 rings (SSSR count). The van der Waals surface area contributed by atoms with Crippen LogP contribution in [0.4, 0.5) is 0 Å². The third-order valence-electron chi connectivity index (χ3n) is 5.21. The summed E-state index contributed by atoms with van der Waals surface area (Å²) in [6, 6.07) is 6.48. The van der Waals surface area contributed by atoms with Crippen molar-refractivity contribution in [2.45, 2.75) is 51.5 Å². The smallest absolute Gasteiger partial charge is 0.127 e. The maximum atomic E-state index is 6.42. The standard InChI is InChI=1S/C18H23ClN2/c1-11-4-3-5-16-17(11)20-18(12(2)19)21(16)10-15(13-6-7-13)14-8-9-14/h3-5,12-15H,6-10H2,1-2H3. The molecule has 2 aliphatic rings. The van der Waals surface area contributed by atoms with Crippen molar-refractivity contribution in [3.05, 3.63) is 29.6 Å². The number of aryl methyl sites for hydroxylation is 1. The van der Waals surface area contributed by atoms with E-state index >= 15 is 0 Å². The molecule has 2 aliphatic carbocycles. The molecule has 0 radical (unpaired) electrons. The third kappa shape index (κ3) is 2.48. The van der Waals surface area contributed by atoms with Gasteiger partial charge in [-0.1, -0.05) is 12.1 Å². The second-order valence-corrected chi connectivity index (χ2v) is 7.63. The van der Waals surface area contributed by atoms with Gasteiger partial charge in [-0.05, 0) is 68.9 Å². The van der Waals surface area contributed by atoms with Gasteiger partial charge in [0.1, 0.15) is 5.82 Å². The van der Waals surface area contributed by atoms with Crippen molar-refractivity contribution < 1.29 is 0 Å². The highest BCUT2D eigenvalue weighted by atomic mass is 35.5.